The maximum Gasteiger partial charge on any atom is 0.346 e. The first-order valence-corrected chi connectivity index (χ1v) is 9.10. The molecule has 2 unspecified atom stereocenters. The van der Waals surface area contributed by atoms with Gasteiger partial charge in [0.1, 0.15) is 9.09 Å². The molecule has 1 fully saturated rings. The maximum atomic E-state index is 12.2. The monoisotopic (exact) mass is 333 g/mol. The summed E-state index contributed by atoms with van der Waals surface area (Å²) in [5.74, 6) is -0.932. The summed E-state index contributed by atoms with van der Waals surface area (Å²) in [5, 5.41) is 8.99. The molecule has 118 valence electrons. The molecular formula is C13H19NO5S2. The van der Waals surface area contributed by atoms with Gasteiger partial charge in [-0.05, 0) is 31.4 Å². The molecule has 1 saturated heterocycles. The van der Waals surface area contributed by atoms with Crippen LogP contribution in [0.3, 0.4) is 0 Å². The van der Waals surface area contributed by atoms with Gasteiger partial charge < -0.3 is 9.84 Å². The Bertz CT molecular complexity index is 623. The van der Waals surface area contributed by atoms with Crippen LogP contribution in [-0.2, 0) is 14.8 Å². The number of aryl methyl sites for hydroxylation is 1. The quantitative estimate of drug-likeness (QED) is 0.829. The lowest BCUT2D eigenvalue weighted by atomic mass is 10.0. The lowest BCUT2D eigenvalue weighted by molar-refractivity contribution is 0.0701. The van der Waals surface area contributed by atoms with E-state index < -0.39 is 16.0 Å². The van der Waals surface area contributed by atoms with Gasteiger partial charge in [0, 0.05) is 19.1 Å². The molecule has 0 bridgehead atoms. The van der Waals surface area contributed by atoms with Gasteiger partial charge >= 0.3 is 5.97 Å². The highest BCUT2D eigenvalue weighted by Crippen LogP contribution is 2.27. The highest BCUT2D eigenvalue weighted by molar-refractivity contribution is 7.91. The van der Waals surface area contributed by atoms with E-state index in [9.17, 15) is 13.2 Å². The molecule has 21 heavy (non-hydrogen) atoms. The third-order valence-electron chi connectivity index (χ3n) is 3.64. The Hall–Kier alpha value is -0.960. The summed E-state index contributed by atoms with van der Waals surface area (Å²) in [6.45, 7) is 4.59. The van der Waals surface area contributed by atoms with Gasteiger partial charge in [0.05, 0.1) is 6.10 Å². The van der Waals surface area contributed by atoms with Gasteiger partial charge in [0.15, 0.2) is 0 Å². The second-order valence-corrected chi connectivity index (χ2v) is 8.15. The van der Waals surface area contributed by atoms with Gasteiger partial charge in [-0.1, -0.05) is 6.92 Å². The van der Waals surface area contributed by atoms with E-state index in [1.807, 2.05) is 6.92 Å². The van der Waals surface area contributed by atoms with Gasteiger partial charge in [-0.15, -0.1) is 11.3 Å². The molecule has 0 aliphatic carbocycles. The molecule has 2 rings (SSSR count). The highest BCUT2D eigenvalue weighted by Gasteiger charge is 2.29. The van der Waals surface area contributed by atoms with Crippen molar-refractivity contribution in [3.8, 4) is 0 Å². The van der Waals surface area contributed by atoms with E-state index in [4.69, 9.17) is 9.84 Å². The highest BCUT2D eigenvalue weighted by atomic mass is 32.2. The summed E-state index contributed by atoms with van der Waals surface area (Å²) in [5.41, 5.74) is 0.462. The van der Waals surface area contributed by atoms with Gasteiger partial charge in [-0.25, -0.2) is 17.9 Å². The van der Waals surface area contributed by atoms with Gasteiger partial charge in [-0.3, -0.25) is 0 Å². The summed E-state index contributed by atoms with van der Waals surface area (Å²) in [4.78, 5) is 11.1. The Balaban J connectivity index is 2.08. The first-order chi connectivity index (χ1) is 9.85. The average Bonchev–Trinajstić information content (AvgIpc) is 3.02. The summed E-state index contributed by atoms with van der Waals surface area (Å²) in [6, 6.07) is 1.40. The number of nitrogens with one attached hydrogen (secondary N) is 1. The number of carboxylic acid groups (broad SMARTS) is 1. The fourth-order valence-electron chi connectivity index (χ4n) is 2.46. The molecule has 0 radical (unpaired) electrons. The molecule has 0 saturated carbocycles. The summed E-state index contributed by atoms with van der Waals surface area (Å²) in [6.07, 6.45) is 1.78. The van der Waals surface area contributed by atoms with Crippen LogP contribution < -0.4 is 4.72 Å². The van der Waals surface area contributed by atoms with E-state index >= 15 is 0 Å². The summed E-state index contributed by atoms with van der Waals surface area (Å²) >= 11 is 0.782. The Morgan fingerprint density at radius 3 is 2.86 bits per heavy atom. The number of rotatable bonds is 6. The maximum absolute atomic E-state index is 12.2. The van der Waals surface area contributed by atoms with Gasteiger partial charge in [0.25, 0.3) is 0 Å². The minimum atomic E-state index is -3.66. The molecule has 0 aromatic carbocycles. The van der Waals surface area contributed by atoms with Crippen molar-refractivity contribution < 1.29 is 23.1 Å². The average molecular weight is 333 g/mol. The summed E-state index contributed by atoms with van der Waals surface area (Å²) < 4.78 is 32.6. The number of hydrogen-bond acceptors (Lipinski definition) is 5. The van der Waals surface area contributed by atoms with Crippen molar-refractivity contribution in [1.29, 1.82) is 0 Å². The Morgan fingerprint density at radius 1 is 1.57 bits per heavy atom. The minimum Gasteiger partial charge on any atom is -0.477 e. The predicted octanol–water partition coefficient (Wildman–Crippen LogP) is 1.85. The smallest absolute Gasteiger partial charge is 0.346 e. The van der Waals surface area contributed by atoms with Crippen LogP contribution in [0.15, 0.2) is 10.3 Å². The van der Waals surface area contributed by atoms with Crippen molar-refractivity contribution in [2.24, 2.45) is 5.92 Å². The fourth-order valence-corrected chi connectivity index (χ4v) is 4.98. The van der Waals surface area contributed by atoms with E-state index in [0.717, 1.165) is 24.2 Å². The van der Waals surface area contributed by atoms with E-state index in [1.165, 1.54) is 6.07 Å². The van der Waals surface area contributed by atoms with Crippen LogP contribution in [-0.4, -0.2) is 38.7 Å². The zero-order chi connectivity index (χ0) is 15.6. The first-order valence-electron chi connectivity index (χ1n) is 6.80. The molecule has 8 heteroatoms. The van der Waals surface area contributed by atoms with Gasteiger partial charge in [-0.2, -0.15) is 0 Å². The van der Waals surface area contributed by atoms with Crippen LogP contribution in [0, 0.1) is 12.8 Å². The van der Waals surface area contributed by atoms with E-state index in [2.05, 4.69) is 4.72 Å². The van der Waals surface area contributed by atoms with Crippen molar-refractivity contribution in [1.82, 2.24) is 4.72 Å². The normalized spacial score (nSPS) is 22.6. The minimum absolute atomic E-state index is 0.0457. The second-order valence-electron chi connectivity index (χ2n) is 5.10. The molecule has 1 aromatic heterocycles. The van der Waals surface area contributed by atoms with E-state index in [-0.39, 0.29) is 21.1 Å². The number of carbonyl (C=O) groups is 1. The Labute approximate surface area is 128 Å². The number of sulfonamides is 1. The SMILES string of the molecule is CCC1OCCC1CNS(=O)(=O)c1cc(C)c(C(=O)O)s1. The van der Waals surface area contributed by atoms with Crippen LogP contribution in [0.25, 0.3) is 0 Å². The van der Waals surface area contributed by atoms with Crippen molar-refractivity contribution in [2.45, 2.75) is 37.0 Å². The van der Waals surface area contributed by atoms with Crippen LogP contribution >= 0.6 is 11.3 Å². The molecule has 1 aliphatic heterocycles. The van der Waals surface area contributed by atoms with E-state index in [0.29, 0.717) is 18.7 Å². The van der Waals surface area contributed by atoms with Crippen LogP contribution in [0.2, 0.25) is 0 Å². The number of carboxylic acids is 1. The molecule has 1 aromatic rings. The molecule has 0 spiro atoms. The van der Waals surface area contributed by atoms with Crippen LogP contribution in [0.4, 0.5) is 0 Å². The first kappa shape index (κ1) is 16.4. The Kier molecular flexibility index (Phi) is 5.03. The molecule has 2 heterocycles. The number of aromatic carboxylic acids is 1. The Morgan fingerprint density at radius 2 is 2.29 bits per heavy atom. The zero-order valence-corrected chi connectivity index (χ0v) is 13.6. The number of hydrogen-bond donors (Lipinski definition) is 2. The molecule has 1 aliphatic rings. The van der Waals surface area contributed by atoms with Crippen molar-refractivity contribution >= 4 is 27.3 Å². The third kappa shape index (κ3) is 3.63. The molecule has 0 amide bonds. The largest absolute Gasteiger partial charge is 0.477 e. The molecular weight excluding hydrogens is 314 g/mol. The van der Waals surface area contributed by atoms with Crippen LogP contribution in [0.5, 0.6) is 0 Å². The number of ether oxygens (including phenoxy) is 1. The topological polar surface area (TPSA) is 92.7 Å². The van der Waals surface area contributed by atoms with E-state index in [1.54, 1.807) is 6.92 Å². The number of thiophene rings is 1. The van der Waals surface area contributed by atoms with Crippen LogP contribution in [0.1, 0.15) is 35.0 Å². The fraction of sp³-hybridized carbons (Fsp3) is 0.615. The molecule has 6 nitrogen and oxygen atoms in total. The lowest BCUT2D eigenvalue weighted by Gasteiger charge is -2.16. The second kappa shape index (κ2) is 6.43. The predicted molar refractivity (Wildman–Crippen MR) is 79.3 cm³/mol. The zero-order valence-electron chi connectivity index (χ0n) is 12.0. The third-order valence-corrected chi connectivity index (χ3v) is 6.76. The van der Waals surface area contributed by atoms with Gasteiger partial charge in [0.2, 0.25) is 10.0 Å². The summed E-state index contributed by atoms with van der Waals surface area (Å²) in [7, 11) is -3.66. The molecule has 2 atom stereocenters. The van der Waals surface area contributed by atoms with Crippen molar-refractivity contribution in [2.75, 3.05) is 13.2 Å². The molecule has 2 N–H and O–H groups in total. The van der Waals surface area contributed by atoms with Crippen molar-refractivity contribution in [3.63, 3.8) is 0 Å². The van der Waals surface area contributed by atoms with Crippen molar-refractivity contribution in [3.05, 3.63) is 16.5 Å². The lowest BCUT2D eigenvalue weighted by Crippen LogP contribution is -2.32. The standard InChI is InChI=1S/C13H19NO5S2/c1-3-10-9(4-5-19-10)7-14-21(17,18)11-6-8(2)12(20-11)13(15)16/h6,9-10,14H,3-5,7H2,1-2H3,(H,15,16).